The molecule has 0 N–H and O–H groups in total. The molecule has 0 saturated heterocycles. The van der Waals surface area contributed by atoms with Crippen LogP contribution in [0.1, 0.15) is 140 Å². The average Bonchev–Trinajstić information content (AvgIpc) is 1.47. The van der Waals surface area contributed by atoms with Crippen LogP contribution in [0.5, 0.6) is 0 Å². The smallest absolute Gasteiger partial charge is 0 e. The number of hydrogen-bond acceptors (Lipinski definition) is 0. The zero-order chi connectivity index (χ0) is 78.0. The maximum Gasteiger partial charge on any atom is 0 e. The Balaban J connectivity index is -0.00000142. The molecule has 8 aliphatic rings. The van der Waals surface area contributed by atoms with Gasteiger partial charge in [0.2, 0.25) is 0 Å². The third-order valence-corrected chi connectivity index (χ3v) is 22.7. The van der Waals surface area contributed by atoms with E-state index in [9.17, 15) is 0 Å². The molecule has 673 valence electrons. The molecule has 24 rings (SSSR count). The zero-order valence-electron chi connectivity index (χ0n) is 80.3. The van der Waals surface area contributed by atoms with Gasteiger partial charge in [0.25, 0.3) is 0 Å². The second kappa shape index (κ2) is 60.9. The van der Waals surface area contributed by atoms with E-state index in [2.05, 4.69) is 383 Å². The molecular formula is C123H127V9-9. The normalized spacial score (nSPS) is 12.2. The van der Waals surface area contributed by atoms with Crippen LogP contribution in [0.15, 0.2) is 366 Å². The van der Waals surface area contributed by atoms with Crippen molar-refractivity contribution in [1.82, 2.24) is 0 Å². The van der Waals surface area contributed by atoms with E-state index in [0.29, 0.717) is 0 Å². The minimum absolute atomic E-state index is 0. The summed E-state index contributed by atoms with van der Waals surface area (Å²) in [6.07, 6.45) is 31.5. The van der Waals surface area contributed by atoms with Gasteiger partial charge >= 0.3 is 0 Å². The van der Waals surface area contributed by atoms with Crippen LogP contribution in [-0.4, -0.2) is 0 Å². The van der Waals surface area contributed by atoms with Gasteiger partial charge in [-0.15, -0.1) is 0 Å². The Morgan fingerprint density at radius 1 is 0.152 bits per heavy atom. The molecule has 9 radical (unpaired) electrons. The molecule has 0 atom stereocenters. The molecule has 0 aliphatic heterocycles. The average molecular weight is 2060 g/mol. The van der Waals surface area contributed by atoms with Gasteiger partial charge in [-0.3, -0.25) is 0 Å². The van der Waals surface area contributed by atoms with Crippen LogP contribution < -0.4 is 0 Å². The summed E-state index contributed by atoms with van der Waals surface area (Å²) >= 11 is 0. The fourth-order valence-electron chi connectivity index (χ4n) is 17.1. The molecule has 0 heterocycles. The van der Waals surface area contributed by atoms with E-state index in [-0.39, 0.29) is 234 Å². The van der Waals surface area contributed by atoms with Gasteiger partial charge in [0.05, 0.1) is 0 Å². The summed E-state index contributed by atoms with van der Waals surface area (Å²) < 4.78 is 0. The van der Waals surface area contributed by atoms with Crippen molar-refractivity contribution in [3.63, 3.8) is 0 Å². The first-order valence-corrected chi connectivity index (χ1v) is 40.7. The summed E-state index contributed by atoms with van der Waals surface area (Å²) in [6.45, 7) is 17.5. The second-order valence-corrected chi connectivity index (χ2v) is 32.5. The van der Waals surface area contributed by atoms with Crippen molar-refractivity contribution in [2.75, 3.05) is 0 Å². The number of benzene rings is 16. The molecule has 0 saturated carbocycles. The summed E-state index contributed by atoms with van der Waals surface area (Å²) in [6, 6.07) is 109. The summed E-state index contributed by atoms with van der Waals surface area (Å²) in [4.78, 5) is 0. The Morgan fingerprint density at radius 3 is 0.515 bits per heavy atom. The predicted octanol–water partition coefficient (Wildman–Crippen LogP) is 35.4. The second-order valence-electron chi connectivity index (χ2n) is 32.5. The summed E-state index contributed by atoms with van der Waals surface area (Å²) in [5.41, 5.74) is 31.8. The molecule has 0 bridgehead atoms. The summed E-state index contributed by atoms with van der Waals surface area (Å²) in [7, 11) is 0. The Kier molecular flexibility index (Phi) is 59.3. The van der Waals surface area contributed by atoms with Crippen LogP contribution >= 0.6 is 0 Å². The molecular weight excluding hydrogens is 1940 g/mol. The van der Waals surface area contributed by atoms with Gasteiger partial charge in [0.1, 0.15) is 0 Å². The van der Waals surface area contributed by atoms with E-state index in [1.165, 1.54) is 215 Å². The minimum atomic E-state index is 0. The van der Waals surface area contributed by atoms with Gasteiger partial charge in [0, 0.05) is 167 Å². The van der Waals surface area contributed by atoms with E-state index in [4.69, 9.17) is 0 Å². The number of rotatable bonds is 0. The van der Waals surface area contributed by atoms with Crippen LogP contribution in [0, 0.1) is 66.8 Å². The van der Waals surface area contributed by atoms with E-state index in [0.717, 1.165) is 44.9 Å². The molecule has 0 spiro atoms. The Bertz CT molecular complexity index is 6180. The fraction of sp³-hybridized carbons (Fsp3) is 0.130. The van der Waals surface area contributed by atoms with Gasteiger partial charge in [-0.2, -0.15) is 0 Å². The first kappa shape index (κ1) is 129. The Labute approximate surface area is 903 Å². The monoisotopic (exact) mass is 2060 g/mol. The minimum Gasteiger partial charge on any atom is -0.358 e. The third kappa shape index (κ3) is 32.9. The molecule has 0 unspecified atom stereocenters. The molecule has 9 heteroatoms. The van der Waals surface area contributed by atoms with Gasteiger partial charge in [-0.1, -0.05) is 342 Å². The van der Waals surface area contributed by atoms with E-state index in [1.807, 2.05) is 36.4 Å². The third-order valence-electron chi connectivity index (χ3n) is 22.7. The van der Waals surface area contributed by atoms with E-state index >= 15 is 0 Å². The molecule has 16 aromatic rings. The van der Waals surface area contributed by atoms with Crippen molar-refractivity contribution in [2.45, 2.75) is 107 Å². The van der Waals surface area contributed by atoms with Gasteiger partial charge < -0.3 is 66.8 Å². The van der Waals surface area contributed by atoms with Crippen LogP contribution in [-0.2, 0) is 212 Å². The molecule has 0 fully saturated rings. The van der Waals surface area contributed by atoms with Crippen molar-refractivity contribution in [3.05, 3.63) is 511 Å². The van der Waals surface area contributed by atoms with Gasteiger partial charge in [-0.05, 0) is 338 Å². The van der Waals surface area contributed by atoms with Crippen molar-refractivity contribution in [3.8, 4) is 0 Å². The summed E-state index contributed by atoms with van der Waals surface area (Å²) in [5, 5.41) is 21.5. The first-order valence-electron chi connectivity index (χ1n) is 40.7. The number of allylic oxidation sites excluding steroid dienone is 11. The quantitative estimate of drug-likeness (QED) is 0.105. The molecule has 0 nitrogen and oxygen atoms in total. The molecule has 132 heavy (non-hydrogen) atoms. The van der Waals surface area contributed by atoms with Crippen LogP contribution in [0.4, 0.5) is 0 Å². The van der Waals surface area contributed by atoms with Crippen LogP contribution in [0.2, 0.25) is 0 Å². The van der Waals surface area contributed by atoms with E-state index < -0.39 is 0 Å². The molecule has 16 aromatic carbocycles. The van der Waals surface area contributed by atoms with Gasteiger partial charge in [0.15, 0.2) is 0 Å². The molecule has 8 aliphatic carbocycles. The maximum absolute atomic E-state index is 2.35. The largest absolute Gasteiger partial charge is 0.358 e. The fourth-order valence-corrected chi connectivity index (χ4v) is 17.1. The van der Waals surface area contributed by atoms with Crippen LogP contribution in [0.3, 0.4) is 0 Å². The summed E-state index contributed by atoms with van der Waals surface area (Å²) in [5.74, 6) is 0. The SMILES string of the molecule is CC1=CC=CC1.CC1=Cc2cc3cc4ccccc4cc3cc2C1.CC1=Cc2cc3cc4ccccc4cc3cc2C1.CC1=Cc2cc3cc4ccccc4cc3cc2C1.CC1=Cc2cc3ccccc3cc2C1.CC1=Cc2cc3ccccc3cc2C1.CC1=Cc2ccccc2C1.CC1=Cc2ccccc2C1.[CH3-].[CH3-].[CH3-].[CH3-].[CH3-].[CH3-].[CH3-].[CH3-].[CH3-].[V].[V].[V].[V].[V].[V].[V].[V].[V].c1ccccc1. The number of hydrogen-bond donors (Lipinski definition) is 0. The topological polar surface area (TPSA) is 0 Å². The zero-order valence-corrected chi connectivity index (χ0v) is 92.9. The maximum atomic E-state index is 2.35. The predicted molar refractivity (Wildman–Crippen MR) is 558 cm³/mol. The molecule has 0 aromatic heterocycles. The Morgan fingerprint density at radius 2 is 0.318 bits per heavy atom. The standard InChI is InChI=1S/3C18H14.2C14H12.2C10H10.C6H8.C6H6.9CH3.9V/c3*1-12-6-15-10-17-8-13-4-2-3-5-14(13)9-18(17)11-16(15)7-12;2*1-10-6-13-8-11-4-2-3-5-12(11)9-14(13)7-10;2*1-8-6-9-4-2-3-5-10(9)7-8;1-6-4-2-3-5-6;1-2-4-6-5-3-1;;;;;;;;;;;;;;;;;;/h3*2-6,8-11H,7H2,1H3;2*2-6,8-9H,7H2,1H3;2*2-6H,7H2,1H3;2-4H,5H2,1H3;1-6H;9*1H3;;;;;;;;;/q;;;;;;;;;9*-1;;;;;;;;;. The van der Waals surface area contributed by atoms with E-state index in [1.54, 1.807) is 0 Å². The molecule has 0 amide bonds. The van der Waals surface area contributed by atoms with Gasteiger partial charge in [-0.25, -0.2) is 0 Å². The number of fused-ring (bicyclic) bond motifs is 15. The van der Waals surface area contributed by atoms with Crippen LogP contribution in [0.25, 0.3) is 129 Å². The van der Waals surface area contributed by atoms with Crippen molar-refractivity contribution in [2.24, 2.45) is 0 Å². The van der Waals surface area contributed by atoms with Crippen molar-refractivity contribution < 1.29 is 167 Å². The first-order chi connectivity index (χ1) is 55.6. The van der Waals surface area contributed by atoms with Crippen molar-refractivity contribution in [1.29, 1.82) is 0 Å². The van der Waals surface area contributed by atoms with Crippen molar-refractivity contribution >= 4 is 129 Å². The Hall–Kier alpha value is -7.48.